The van der Waals surface area contributed by atoms with Crippen LogP contribution in [0, 0.1) is 0 Å². The van der Waals surface area contributed by atoms with Gasteiger partial charge >= 0.3 is 6.09 Å². The summed E-state index contributed by atoms with van der Waals surface area (Å²) in [6.07, 6.45) is 4.32. The summed E-state index contributed by atoms with van der Waals surface area (Å²) in [5, 5.41) is 4.78. The van der Waals surface area contributed by atoms with Crippen LogP contribution < -0.4 is 10.1 Å². The highest BCUT2D eigenvalue weighted by Gasteiger charge is 2.04. The van der Waals surface area contributed by atoms with E-state index < -0.39 is 6.09 Å². The fourth-order valence-electron chi connectivity index (χ4n) is 2.08. The minimum absolute atomic E-state index is 0.426. The largest absolute Gasteiger partial charge is 0.412 e. The normalized spacial score (nSPS) is 10.4. The average Bonchev–Trinajstić information content (AvgIpc) is 3.21. The van der Waals surface area contributed by atoms with Crippen molar-refractivity contribution < 1.29 is 9.53 Å². The van der Waals surface area contributed by atoms with Gasteiger partial charge in [0.25, 0.3) is 0 Å². The van der Waals surface area contributed by atoms with E-state index in [-0.39, 0.29) is 0 Å². The molecule has 0 saturated carbocycles. The lowest BCUT2D eigenvalue weighted by molar-refractivity contribution is 0.200. The van der Waals surface area contributed by atoms with E-state index in [1.165, 1.54) is 4.88 Å². The molecule has 0 atom stereocenters. The average molecular weight is 312 g/mol. The summed E-state index contributed by atoms with van der Waals surface area (Å²) in [4.78, 5) is 13.0. The van der Waals surface area contributed by atoms with Crippen LogP contribution in [-0.2, 0) is 6.42 Å². The van der Waals surface area contributed by atoms with Crippen molar-refractivity contribution >= 4 is 17.4 Å². The van der Waals surface area contributed by atoms with Crippen LogP contribution in [0.3, 0.4) is 0 Å². The third-order valence-corrected chi connectivity index (χ3v) is 4.11. The second kappa shape index (κ2) is 6.95. The SMILES string of the molecule is O=C(NCCc1cccs1)Oc1ccc(-n2cccc2)cc1. The van der Waals surface area contributed by atoms with Gasteiger partial charge < -0.3 is 14.6 Å². The van der Waals surface area contributed by atoms with Crippen molar-refractivity contribution in [2.75, 3.05) is 6.54 Å². The zero-order valence-corrected chi connectivity index (χ0v) is 12.8. The second-order valence-electron chi connectivity index (χ2n) is 4.73. The number of carbonyl (C=O) groups excluding carboxylic acids is 1. The smallest absolute Gasteiger partial charge is 0.410 e. The molecule has 0 aliphatic carbocycles. The summed E-state index contributed by atoms with van der Waals surface area (Å²) in [7, 11) is 0. The molecule has 112 valence electrons. The van der Waals surface area contributed by atoms with E-state index in [1.807, 2.05) is 52.7 Å². The molecule has 3 aromatic rings. The van der Waals surface area contributed by atoms with E-state index >= 15 is 0 Å². The molecule has 2 aromatic heterocycles. The van der Waals surface area contributed by atoms with Crippen LogP contribution in [0.25, 0.3) is 5.69 Å². The van der Waals surface area contributed by atoms with Crippen LogP contribution in [0.1, 0.15) is 4.88 Å². The van der Waals surface area contributed by atoms with Crippen LogP contribution >= 0.6 is 11.3 Å². The Morgan fingerprint density at radius 2 is 1.86 bits per heavy atom. The number of hydrogen-bond acceptors (Lipinski definition) is 3. The Bertz CT molecular complexity index is 704. The number of thiophene rings is 1. The van der Waals surface area contributed by atoms with Crippen molar-refractivity contribution in [3.8, 4) is 11.4 Å². The predicted molar refractivity (Wildman–Crippen MR) is 87.8 cm³/mol. The summed E-state index contributed by atoms with van der Waals surface area (Å²) >= 11 is 1.68. The molecule has 0 aliphatic rings. The number of ether oxygens (including phenoxy) is 1. The highest BCUT2D eigenvalue weighted by Crippen LogP contribution is 2.15. The van der Waals surface area contributed by atoms with E-state index in [0.29, 0.717) is 12.3 Å². The van der Waals surface area contributed by atoms with Crippen molar-refractivity contribution in [1.29, 1.82) is 0 Å². The van der Waals surface area contributed by atoms with Crippen molar-refractivity contribution in [2.24, 2.45) is 0 Å². The molecule has 1 aromatic carbocycles. The zero-order chi connectivity index (χ0) is 15.2. The monoisotopic (exact) mass is 312 g/mol. The van der Waals surface area contributed by atoms with Gasteiger partial charge in [-0.25, -0.2) is 4.79 Å². The molecule has 0 spiro atoms. The van der Waals surface area contributed by atoms with Gasteiger partial charge in [0.2, 0.25) is 0 Å². The van der Waals surface area contributed by atoms with Crippen LogP contribution in [-0.4, -0.2) is 17.2 Å². The van der Waals surface area contributed by atoms with Gasteiger partial charge in [-0.15, -0.1) is 11.3 Å². The summed E-state index contributed by atoms with van der Waals surface area (Å²) in [6.45, 7) is 0.570. The molecular formula is C17H16N2O2S. The van der Waals surface area contributed by atoms with E-state index in [2.05, 4.69) is 11.4 Å². The maximum absolute atomic E-state index is 11.7. The number of nitrogens with one attached hydrogen (secondary N) is 1. The minimum atomic E-state index is -0.426. The van der Waals surface area contributed by atoms with Gasteiger partial charge in [-0.2, -0.15) is 0 Å². The standard InChI is InChI=1S/C17H16N2O2S/c20-17(18-10-9-16-4-3-13-22-16)21-15-7-5-14(6-8-15)19-11-1-2-12-19/h1-8,11-13H,9-10H2,(H,18,20). The van der Waals surface area contributed by atoms with E-state index in [9.17, 15) is 4.79 Å². The van der Waals surface area contributed by atoms with Crippen LogP contribution in [0.4, 0.5) is 4.79 Å². The summed E-state index contributed by atoms with van der Waals surface area (Å²) in [6, 6.07) is 15.4. The molecule has 1 amide bonds. The number of hydrogen-bond donors (Lipinski definition) is 1. The fraction of sp³-hybridized carbons (Fsp3) is 0.118. The van der Waals surface area contributed by atoms with Gasteiger partial charge in [-0.1, -0.05) is 6.07 Å². The molecular weight excluding hydrogens is 296 g/mol. The molecule has 2 heterocycles. The summed E-state index contributed by atoms with van der Waals surface area (Å²) < 4.78 is 7.24. The first kappa shape index (κ1) is 14.4. The minimum Gasteiger partial charge on any atom is -0.410 e. The maximum atomic E-state index is 11.7. The molecule has 3 rings (SSSR count). The first-order chi connectivity index (χ1) is 10.8. The second-order valence-corrected chi connectivity index (χ2v) is 5.76. The van der Waals surface area contributed by atoms with E-state index in [1.54, 1.807) is 23.5 Å². The summed E-state index contributed by atoms with van der Waals surface area (Å²) in [5.41, 5.74) is 1.02. The van der Waals surface area contributed by atoms with Gasteiger partial charge in [0.05, 0.1) is 0 Å². The third-order valence-electron chi connectivity index (χ3n) is 3.17. The van der Waals surface area contributed by atoms with E-state index in [4.69, 9.17) is 4.74 Å². The molecule has 0 aliphatic heterocycles. The third kappa shape index (κ3) is 3.77. The van der Waals surface area contributed by atoms with Gasteiger partial charge in [0.15, 0.2) is 0 Å². The highest BCUT2D eigenvalue weighted by molar-refractivity contribution is 7.09. The lowest BCUT2D eigenvalue weighted by Gasteiger charge is -2.07. The topological polar surface area (TPSA) is 43.3 Å². The van der Waals surface area contributed by atoms with Gasteiger partial charge in [-0.3, -0.25) is 0 Å². The zero-order valence-electron chi connectivity index (χ0n) is 11.9. The van der Waals surface area contributed by atoms with E-state index in [0.717, 1.165) is 12.1 Å². The first-order valence-electron chi connectivity index (χ1n) is 7.03. The molecule has 22 heavy (non-hydrogen) atoms. The first-order valence-corrected chi connectivity index (χ1v) is 7.91. The molecule has 5 heteroatoms. The van der Waals surface area contributed by atoms with Gasteiger partial charge in [0.1, 0.15) is 5.75 Å². The number of aromatic nitrogens is 1. The Morgan fingerprint density at radius 1 is 1.09 bits per heavy atom. The Morgan fingerprint density at radius 3 is 2.55 bits per heavy atom. The Balaban J connectivity index is 1.49. The number of amides is 1. The number of benzene rings is 1. The Kier molecular flexibility index (Phi) is 4.56. The quantitative estimate of drug-likeness (QED) is 0.777. The molecule has 0 unspecified atom stereocenters. The highest BCUT2D eigenvalue weighted by atomic mass is 32.1. The molecule has 0 fully saturated rings. The lowest BCUT2D eigenvalue weighted by Crippen LogP contribution is -2.28. The van der Waals surface area contributed by atoms with Crippen LogP contribution in [0.5, 0.6) is 5.75 Å². The number of rotatable bonds is 5. The number of nitrogens with zero attached hydrogens (tertiary/aromatic N) is 1. The van der Waals surface area contributed by atoms with Crippen molar-refractivity contribution in [3.63, 3.8) is 0 Å². The lowest BCUT2D eigenvalue weighted by atomic mass is 10.3. The van der Waals surface area contributed by atoms with Crippen LogP contribution in [0.2, 0.25) is 0 Å². The fourth-order valence-corrected chi connectivity index (χ4v) is 2.79. The number of carbonyl (C=O) groups is 1. The van der Waals surface area contributed by atoms with Gasteiger partial charge in [-0.05, 0) is 54.3 Å². The summed E-state index contributed by atoms with van der Waals surface area (Å²) in [5.74, 6) is 0.532. The maximum Gasteiger partial charge on any atom is 0.412 e. The van der Waals surface area contributed by atoms with Crippen molar-refractivity contribution in [1.82, 2.24) is 9.88 Å². The molecule has 1 N–H and O–H groups in total. The Hall–Kier alpha value is -2.53. The van der Waals surface area contributed by atoms with Crippen molar-refractivity contribution in [2.45, 2.75) is 6.42 Å². The molecule has 0 bridgehead atoms. The molecule has 4 nitrogen and oxygen atoms in total. The van der Waals surface area contributed by atoms with Crippen molar-refractivity contribution in [3.05, 3.63) is 71.2 Å². The van der Waals surface area contributed by atoms with Gasteiger partial charge in [0, 0.05) is 29.5 Å². The molecule has 0 radical (unpaired) electrons. The van der Waals surface area contributed by atoms with Crippen LogP contribution in [0.15, 0.2) is 66.3 Å². The Labute approximate surface area is 133 Å². The predicted octanol–water partition coefficient (Wildman–Crippen LogP) is 3.87. The molecule has 0 saturated heterocycles.